The van der Waals surface area contributed by atoms with Gasteiger partial charge in [-0.05, 0) is 37.8 Å². The number of nitrogens with zero attached hydrogens (tertiary/aromatic N) is 1. The average Bonchev–Trinajstić information content (AvgIpc) is 2.60. The van der Waals surface area contributed by atoms with Crippen molar-refractivity contribution in [1.29, 1.82) is 0 Å². The molecule has 1 aliphatic rings. The van der Waals surface area contributed by atoms with Gasteiger partial charge in [-0.15, -0.1) is 0 Å². The lowest BCUT2D eigenvalue weighted by Crippen LogP contribution is -2.43. The number of nitrogens with one attached hydrogen (secondary N) is 1. The van der Waals surface area contributed by atoms with Gasteiger partial charge in [-0.2, -0.15) is 0 Å². The lowest BCUT2D eigenvalue weighted by atomic mass is 9.97. The molecule has 23 heavy (non-hydrogen) atoms. The summed E-state index contributed by atoms with van der Waals surface area (Å²) in [5.41, 5.74) is 0. The van der Waals surface area contributed by atoms with Crippen LogP contribution in [0, 0.1) is 5.92 Å². The van der Waals surface area contributed by atoms with Crippen molar-refractivity contribution in [3.05, 3.63) is 30.3 Å². The minimum atomic E-state index is -0.535. The second-order valence-corrected chi connectivity index (χ2v) is 5.72. The molecule has 1 aromatic rings. The molecule has 2 amide bonds. The molecule has 0 aromatic heterocycles. The van der Waals surface area contributed by atoms with Gasteiger partial charge in [0.05, 0.1) is 7.11 Å². The molecular weight excluding hydrogens is 296 g/mol. The van der Waals surface area contributed by atoms with Crippen LogP contribution in [0.5, 0.6) is 5.75 Å². The van der Waals surface area contributed by atoms with E-state index in [-0.39, 0.29) is 12.0 Å². The molecule has 0 bridgehead atoms. The highest BCUT2D eigenvalue weighted by Crippen LogP contribution is 2.17. The van der Waals surface area contributed by atoms with Crippen molar-refractivity contribution in [3.8, 4) is 5.75 Å². The Kier molecular flexibility index (Phi) is 6.26. The van der Waals surface area contributed by atoms with E-state index in [4.69, 9.17) is 9.47 Å². The Bertz CT molecular complexity index is 513. The molecule has 1 atom stereocenters. The topological polar surface area (TPSA) is 67.9 Å². The molecule has 0 aliphatic carbocycles. The summed E-state index contributed by atoms with van der Waals surface area (Å²) in [7, 11) is 1.39. The molecule has 1 aliphatic heterocycles. The van der Waals surface area contributed by atoms with Gasteiger partial charge < -0.3 is 19.7 Å². The van der Waals surface area contributed by atoms with Gasteiger partial charge in [-0.3, -0.25) is 4.79 Å². The summed E-state index contributed by atoms with van der Waals surface area (Å²) >= 11 is 0. The van der Waals surface area contributed by atoms with Gasteiger partial charge in [0, 0.05) is 19.6 Å². The summed E-state index contributed by atoms with van der Waals surface area (Å²) in [4.78, 5) is 25.2. The van der Waals surface area contributed by atoms with E-state index in [1.54, 1.807) is 11.8 Å². The smallest absolute Gasteiger partial charge is 0.409 e. The van der Waals surface area contributed by atoms with Crippen LogP contribution in [-0.4, -0.2) is 49.7 Å². The molecule has 2 rings (SSSR count). The summed E-state index contributed by atoms with van der Waals surface area (Å²) in [6.07, 6.45) is 0.914. The Morgan fingerprint density at radius 3 is 2.52 bits per heavy atom. The Morgan fingerprint density at radius 1 is 1.26 bits per heavy atom. The number of para-hydroxylation sites is 1. The third kappa shape index (κ3) is 5.16. The number of piperidine rings is 1. The zero-order valence-corrected chi connectivity index (χ0v) is 13.7. The molecule has 0 spiro atoms. The van der Waals surface area contributed by atoms with Crippen LogP contribution in [0.1, 0.15) is 19.8 Å². The fourth-order valence-corrected chi connectivity index (χ4v) is 2.59. The van der Waals surface area contributed by atoms with E-state index in [0.29, 0.717) is 31.3 Å². The predicted molar refractivity (Wildman–Crippen MR) is 86.2 cm³/mol. The van der Waals surface area contributed by atoms with Gasteiger partial charge in [0.25, 0.3) is 5.91 Å². The summed E-state index contributed by atoms with van der Waals surface area (Å²) < 4.78 is 10.3. The monoisotopic (exact) mass is 320 g/mol. The number of rotatable bonds is 5. The zero-order chi connectivity index (χ0) is 16.7. The standard InChI is InChI=1S/C17H24N2O4/c1-13(23-15-6-4-3-5-7-15)16(20)18-12-14-8-10-19(11-9-14)17(21)22-2/h3-7,13-14H,8-12H2,1-2H3,(H,18,20). The van der Waals surface area contributed by atoms with Crippen molar-refractivity contribution < 1.29 is 19.1 Å². The highest BCUT2D eigenvalue weighted by atomic mass is 16.5. The largest absolute Gasteiger partial charge is 0.481 e. The van der Waals surface area contributed by atoms with Crippen LogP contribution in [0.3, 0.4) is 0 Å². The third-order valence-corrected chi connectivity index (χ3v) is 4.04. The Morgan fingerprint density at radius 2 is 1.91 bits per heavy atom. The van der Waals surface area contributed by atoms with E-state index >= 15 is 0 Å². The molecule has 6 heteroatoms. The van der Waals surface area contributed by atoms with E-state index in [1.807, 2.05) is 30.3 Å². The lowest BCUT2D eigenvalue weighted by Gasteiger charge is -2.31. The second-order valence-electron chi connectivity index (χ2n) is 5.72. The maximum atomic E-state index is 12.1. The highest BCUT2D eigenvalue weighted by Gasteiger charge is 2.24. The summed E-state index contributed by atoms with van der Waals surface area (Å²) in [5.74, 6) is 0.939. The molecule has 1 aromatic carbocycles. The van der Waals surface area contributed by atoms with E-state index in [0.717, 1.165) is 12.8 Å². The molecule has 6 nitrogen and oxygen atoms in total. The SMILES string of the molecule is COC(=O)N1CCC(CNC(=O)C(C)Oc2ccccc2)CC1. The molecule has 1 heterocycles. The minimum absolute atomic E-state index is 0.121. The predicted octanol–water partition coefficient (Wildman–Crippen LogP) is 2.05. The molecule has 1 N–H and O–H groups in total. The zero-order valence-electron chi connectivity index (χ0n) is 13.7. The minimum Gasteiger partial charge on any atom is -0.481 e. The lowest BCUT2D eigenvalue weighted by molar-refractivity contribution is -0.127. The fraction of sp³-hybridized carbons (Fsp3) is 0.529. The number of ether oxygens (including phenoxy) is 2. The van der Waals surface area contributed by atoms with Gasteiger partial charge >= 0.3 is 6.09 Å². The van der Waals surface area contributed by atoms with E-state index in [2.05, 4.69) is 5.32 Å². The maximum Gasteiger partial charge on any atom is 0.409 e. The van der Waals surface area contributed by atoms with Gasteiger partial charge in [-0.25, -0.2) is 4.79 Å². The summed E-state index contributed by atoms with van der Waals surface area (Å²) in [5, 5.41) is 2.93. The van der Waals surface area contributed by atoms with Crippen LogP contribution in [0.25, 0.3) is 0 Å². The van der Waals surface area contributed by atoms with E-state index in [1.165, 1.54) is 7.11 Å². The number of carbonyl (C=O) groups excluding carboxylic acids is 2. The molecule has 126 valence electrons. The van der Waals surface area contributed by atoms with Gasteiger partial charge in [0.1, 0.15) is 5.75 Å². The molecule has 0 saturated carbocycles. The van der Waals surface area contributed by atoms with Crippen LogP contribution in [0.15, 0.2) is 30.3 Å². The van der Waals surface area contributed by atoms with Crippen molar-refractivity contribution >= 4 is 12.0 Å². The summed E-state index contributed by atoms with van der Waals surface area (Å²) in [6.45, 7) is 3.69. The number of hydrogen-bond acceptors (Lipinski definition) is 4. The Balaban J connectivity index is 1.69. The van der Waals surface area contributed by atoms with Crippen LogP contribution in [0.4, 0.5) is 4.79 Å². The number of benzene rings is 1. The number of methoxy groups -OCH3 is 1. The van der Waals surface area contributed by atoms with E-state index < -0.39 is 6.10 Å². The first-order valence-corrected chi connectivity index (χ1v) is 7.92. The molecular formula is C17H24N2O4. The normalized spacial score (nSPS) is 16.5. The summed E-state index contributed by atoms with van der Waals surface area (Å²) in [6, 6.07) is 9.29. The van der Waals surface area contributed by atoms with Crippen LogP contribution >= 0.6 is 0 Å². The molecule has 1 fully saturated rings. The van der Waals surface area contributed by atoms with Gasteiger partial charge in [0.15, 0.2) is 6.10 Å². The average molecular weight is 320 g/mol. The van der Waals surface area contributed by atoms with Crippen LogP contribution in [-0.2, 0) is 9.53 Å². The van der Waals surface area contributed by atoms with E-state index in [9.17, 15) is 9.59 Å². The molecule has 1 unspecified atom stereocenters. The first-order chi connectivity index (χ1) is 11.1. The number of amides is 2. The Labute approximate surface area is 136 Å². The van der Waals surface area contributed by atoms with Crippen molar-refractivity contribution in [2.24, 2.45) is 5.92 Å². The maximum absolute atomic E-state index is 12.1. The van der Waals surface area contributed by atoms with Crippen molar-refractivity contribution in [1.82, 2.24) is 10.2 Å². The van der Waals surface area contributed by atoms with Gasteiger partial charge in [0.2, 0.25) is 0 Å². The van der Waals surface area contributed by atoms with Crippen LogP contribution < -0.4 is 10.1 Å². The van der Waals surface area contributed by atoms with Crippen molar-refractivity contribution in [3.63, 3.8) is 0 Å². The third-order valence-electron chi connectivity index (χ3n) is 4.04. The quantitative estimate of drug-likeness (QED) is 0.901. The first kappa shape index (κ1) is 17.1. The van der Waals surface area contributed by atoms with Crippen molar-refractivity contribution in [2.45, 2.75) is 25.9 Å². The number of likely N-dealkylation sites (tertiary alicyclic amines) is 1. The number of carbonyl (C=O) groups is 2. The Hall–Kier alpha value is -2.24. The molecule has 0 radical (unpaired) electrons. The fourth-order valence-electron chi connectivity index (χ4n) is 2.59. The van der Waals surface area contributed by atoms with Crippen LogP contribution in [0.2, 0.25) is 0 Å². The first-order valence-electron chi connectivity index (χ1n) is 7.92. The van der Waals surface area contributed by atoms with Gasteiger partial charge in [-0.1, -0.05) is 18.2 Å². The highest BCUT2D eigenvalue weighted by molar-refractivity contribution is 5.80. The molecule has 1 saturated heterocycles. The number of hydrogen-bond donors (Lipinski definition) is 1. The van der Waals surface area contributed by atoms with Crippen molar-refractivity contribution in [2.75, 3.05) is 26.7 Å². The second kappa shape index (κ2) is 8.41.